The number of piperidine rings is 1. The molecule has 9 nitrogen and oxygen atoms in total. The van der Waals surface area contributed by atoms with E-state index in [2.05, 4.69) is 41.2 Å². The maximum absolute atomic E-state index is 8.94. The first-order chi connectivity index (χ1) is 14.9. The zero-order chi connectivity index (χ0) is 22.0. The molecule has 4 heterocycles. The Balaban J connectivity index is 1.43. The van der Waals surface area contributed by atoms with Crippen molar-refractivity contribution in [3.63, 3.8) is 0 Å². The third-order valence-corrected chi connectivity index (χ3v) is 5.89. The number of pyridine rings is 1. The zero-order valence-electron chi connectivity index (χ0n) is 17.7. The molecule has 1 N–H and O–H groups in total. The third-order valence-electron chi connectivity index (χ3n) is 5.63. The van der Waals surface area contributed by atoms with Crippen molar-refractivity contribution in [3.05, 3.63) is 46.9 Å². The number of nitrogens with one attached hydrogen (secondary N) is 1. The molecule has 0 unspecified atom stereocenters. The van der Waals surface area contributed by atoms with Gasteiger partial charge in [-0.05, 0) is 31.9 Å². The van der Waals surface area contributed by atoms with Crippen LogP contribution in [0.2, 0.25) is 5.02 Å². The predicted molar refractivity (Wildman–Crippen MR) is 121 cm³/mol. The van der Waals surface area contributed by atoms with Crippen molar-refractivity contribution in [2.45, 2.75) is 25.8 Å². The largest absolute Gasteiger partial charge is 0.356 e. The van der Waals surface area contributed by atoms with Gasteiger partial charge in [0.15, 0.2) is 11.6 Å². The Morgan fingerprint density at radius 3 is 2.61 bits per heavy atom. The quantitative estimate of drug-likeness (QED) is 0.649. The molecule has 1 saturated heterocycles. The molecule has 0 aliphatic carbocycles. The summed E-state index contributed by atoms with van der Waals surface area (Å²) in [6.45, 7) is 3.73. The van der Waals surface area contributed by atoms with E-state index in [4.69, 9.17) is 16.9 Å². The van der Waals surface area contributed by atoms with Crippen LogP contribution in [0.25, 0.3) is 0 Å². The summed E-state index contributed by atoms with van der Waals surface area (Å²) in [5, 5.41) is 17.0. The van der Waals surface area contributed by atoms with Gasteiger partial charge in [-0.15, -0.1) is 0 Å². The minimum absolute atomic E-state index is 0.298. The number of halogens is 1. The molecule has 3 aromatic rings. The van der Waals surface area contributed by atoms with Crippen LogP contribution >= 0.6 is 11.6 Å². The van der Waals surface area contributed by atoms with Crippen molar-refractivity contribution in [1.29, 1.82) is 5.26 Å². The summed E-state index contributed by atoms with van der Waals surface area (Å²) in [6.07, 6.45) is 5.13. The number of hydrogen-bond acceptors (Lipinski definition) is 8. The maximum Gasteiger partial charge on any atom is 0.230 e. The zero-order valence-corrected chi connectivity index (χ0v) is 18.5. The van der Waals surface area contributed by atoms with Gasteiger partial charge in [-0.3, -0.25) is 4.68 Å². The molecular formula is C21H24ClN9. The Morgan fingerprint density at radius 1 is 1.23 bits per heavy atom. The van der Waals surface area contributed by atoms with Crippen LogP contribution in [0.15, 0.2) is 30.6 Å². The number of aryl methyl sites for hydroxylation is 2. The van der Waals surface area contributed by atoms with Gasteiger partial charge in [0.05, 0.1) is 11.8 Å². The molecule has 0 spiro atoms. The topological polar surface area (TPSA) is 98.8 Å². The highest BCUT2D eigenvalue weighted by molar-refractivity contribution is 6.32. The summed E-state index contributed by atoms with van der Waals surface area (Å²) in [6, 6.07) is 8.05. The van der Waals surface area contributed by atoms with Gasteiger partial charge in [-0.25, -0.2) is 9.97 Å². The van der Waals surface area contributed by atoms with E-state index in [0.29, 0.717) is 34.2 Å². The Morgan fingerprint density at radius 2 is 2.00 bits per heavy atom. The van der Waals surface area contributed by atoms with Gasteiger partial charge >= 0.3 is 0 Å². The van der Waals surface area contributed by atoms with Gasteiger partial charge in [-0.2, -0.15) is 15.3 Å². The normalized spacial score (nSPS) is 14.4. The summed E-state index contributed by atoms with van der Waals surface area (Å²) in [5.41, 5.74) is 1.61. The number of nitriles is 1. The van der Waals surface area contributed by atoms with Gasteiger partial charge in [-0.1, -0.05) is 11.6 Å². The predicted octanol–water partition coefficient (Wildman–Crippen LogP) is 3.29. The molecule has 3 aromatic heterocycles. The van der Waals surface area contributed by atoms with E-state index in [1.165, 1.54) is 0 Å². The van der Waals surface area contributed by atoms with Crippen molar-refractivity contribution in [3.8, 4) is 6.07 Å². The van der Waals surface area contributed by atoms with Crippen LogP contribution in [0.5, 0.6) is 0 Å². The summed E-state index contributed by atoms with van der Waals surface area (Å²) in [7, 11) is 3.91. The van der Waals surface area contributed by atoms with E-state index in [-0.39, 0.29) is 0 Å². The fourth-order valence-corrected chi connectivity index (χ4v) is 3.92. The molecule has 1 fully saturated rings. The Labute approximate surface area is 186 Å². The fourth-order valence-electron chi connectivity index (χ4n) is 3.70. The first-order valence-electron chi connectivity index (χ1n) is 10.1. The molecular weight excluding hydrogens is 414 g/mol. The molecule has 0 saturated carbocycles. The smallest absolute Gasteiger partial charge is 0.230 e. The minimum Gasteiger partial charge on any atom is -0.356 e. The van der Waals surface area contributed by atoms with Crippen molar-refractivity contribution in [2.75, 3.05) is 35.3 Å². The lowest BCUT2D eigenvalue weighted by Gasteiger charge is -2.38. The van der Waals surface area contributed by atoms with Crippen LogP contribution < -0.4 is 15.1 Å². The average molecular weight is 438 g/mol. The van der Waals surface area contributed by atoms with Crippen LogP contribution in [-0.4, -0.2) is 50.9 Å². The molecule has 0 bridgehead atoms. The lowest BCUT2D eigenvalue weighted by atomic mass is 10.0. The summed E-state index contributed by atoms with van der Waals surface area (Å²) in [5.74, 6) is 2.75. The van der Waals surface area contributed by atoms with E-state index in [1.807, 2.05) is 33.2 Å². The van der Waals surface area contributed by atoms with Gasteiger partial charge in [0.1, 0.15) is 16.9 Å². The molecule has 1 aliphatic rings. The maximum atomic E-state index is 8.94. The fraction of sp³-hybridized carbons (Fsp3) is 0.381. The molecule has 0 aromatic carbocycles. The second kappa shape index (κ2) is 8.78. The monoisotopic (exact) mass is 437 g/mol. The molecule has 0 amide bonds. The summed E-state index contributed by atoms with van der Waals surface area (Å²) >= 11 is 6.43. The molecule has 0 radical (unpaired) electrons. The van der Waals surface area contributed by atoms with E-state index in [9.17, 15) is 0 Å². The first kappa shape index (κ1) is 20.9. The lowest BCUT2D eigenvalue weighted by molar-refractivity contribution is 0.478. The van der Waals surface area contributed by atoms with E-state index >= 15 is 0 Å². The molecule has 31 heavy (non-hydrogen) atoms. The lowest BCUT2D eigenvalue weighted by Crippen LogP contribution is -2.44. The Kier molecular flexibility index (Phi) is 5.91. The molecule has 4 rings (SSSR count). The van der Waals surface area contributed by atoms with Crippen LogP contribution in [0.4, 0.5) is 23.4 Å². The minimum atomic E-state index is 0.298. The highest BCUT2D eigenvalue weighted by atomic mass is 35.5. The third kappa shape index (κ3) is 4.54. The van der Waals surface area contributed by atoms with Crippen LogP contribution in [0, 0.1) is 18.3 Å². The van der Waals surface area contributed by atoms with Gasteiger partial charge < -0.3 is 15.1 Å². The van der Waals surface area contributed by atoms with Crippen molar-refractivity contribution in [2.24, 2.45) is 7.05 Å². The number of anilines is 4. The number of rotatable bonds is 5. The molecule has 160 valence electrons. The summed E-state index contributed by atoms with van der Waals surface area (Å²) in [4.78, 5) is 17.7. The molecule has 0 atom stereocenters. The molecule has 1 aliphatic heterocycles. The van der Waals surface area contributed by atoms with Crippen molar-refractivity contribution < 1.29 is 0 Å². The SMILES string of the molecule is Cc1cc(Nc2ncc(Cl)c(N(C)C3CCN(c4ccc(C#N)cn4)CC3)n2)nn1C. The number of nitrogens with zero attached hydrogens (tertiary/aromatic N) is 8. The Bertz CT molecular complexity index is 1080. The van der Waals surface area contributed by atoms with Gasteiger partial charge in [0.2, 0.25) is 5.95 Å². The van der Waals surface area contributed by atoms with Crippen LogP contribution in [0.3, 0.4) is 0 Å². The van der Waals surface area contributed by atoms with Crippen molar-refractivity contribution >= 4 is 35.0 Å². The van der Waals surface area contributed by atoms with E-state index < -0.39 is 0 Å². The average Bonchev–Trinajstić information content (AvgIpc) is 3.11. The molecule has 10 heteroatoms. The first-order valence-corrected chi connectivity index (χ1v) is 10.5. The number of hydrogen-bond donors (Lipinski definition) is 1. The number of aromatic nitrogens is 5. The van der Waals surface area contributed by atoms with Crippen molar-refractivity contribution in [1.82, 2.24) is 24.7 Å². The second-order valence-electron chi connectivity index (χ2n) is 7.63. The Hall–Kier alpha value is -3.38. The second-order valence-corrected chi connectivity index (χ2v) is 8.04. The standard InChI is InChI=1S/C21H24ClN9/c1-14-10-18(28-30(14)3)26-21-25-13-17(22)20(27-21)29(2)16-6-8-31(9-7-16)19-5-4-15(11-23)12-24-19/h4-5,10,12-13,16H,6-9H2,1-3H3,(H,25,26,27,28). The highest BCUT2D eigenvalue weighted by Crippen LogP contribution is 2.29. The van der Waals surface area contributed by atoms with Gasteiger partial charge in [0, 0.05) is 51.2 Å². The van der Waals surface area contributed by atoms with Crippen LogP contribution in [0.1, 0.15) is 24.1 Å². The van der Waals surface area contributed by atoms with Gasteiger partial charge in [0.25, 0.3) is 0 Å². The summed E-state index contributed by atoms with van der Waals surface area (Å²) < 4.78 is 1.79. The highest BCUT2D eigenvalue weighted by Gasteiger charge is 2.25. The van der Waals surface area contributed by atoms with E-state index in [1.54, 1.807) is 23.1 Å². The van der Waals surface area contributed by atoms with E-state index in [0.717, 1.165) is 37.4 Å². The van der Waals surface area contributed by atoms with Crippen LogP contribution in [-0.2, 0) is 7.05 Å².